The molecule has 0 saturated carbocycles. The van der Waals surface area contributed by atoms with Crippen molar-refractivity contribution in [1.82, 2.24) is 10.1 Å². The number of nitrogens with zero attached hydrogens (tertiary/aromatic N) is 2. The monoisotopic (exact) mass is 416 g/mol. The van der Waals surface area contributed by atoms with Crippen molar-refractivity contribution in [3.63, 3.8) is 0 Å². The molecule has 0 unspecified atom stereocenters. The normalized spacial score (nSPS) is 10.9. The maximum absolute atomic E-state index is 9.06. The first-order chi connectivity index (χ1) is 15.2. The first kappa shape index (κ1) is 20.8. The second-order valence-corrected chi connectivity index (χ2v) is 7.10. The molecule has 0 bridgehead atoms. The van der Waals surface area contributed by atoms with E-state index in [1.165, 1.54) is 0 Å². The Morgan fingerprint density at radius 1 is 0.903 bits per heavy atom. The molecule has 0 radical (unpaired) electrons. The summed E-state index contributed by atoms with van der Waals surface area (Å²) in [6.45, 7) is 0.564. The van der Waals surface area contributed by atoms with Crippen LogP contribution in [-0.4, -0.2) is 36.1 Å². The summed E-state index contributed by atoms with van der Waals surface area (Å²) in [5.74, 6) is 1.77. The van der Waals surface area contributed by atoms with Crippen LogP contribution in [0.2, 0.25) is 0 Å². The van der Waals surface area contributed by atoms with Crippen LogP contribution in [0.4, 0.5) is 0 Å². The zero-order valence-electron chi connectivity index (χ0n) is 17.5. The predicted molar refractivity (Wildman–Crippen MR) is 119 cm³/mol. The van der Waals surface area contributed by atoms with Gasteiger partial charge in [-0.3, -0.25) is 0 Å². The van der Waals surface area contributed by atoms with E-state index in [2.05, 4.69) is 10.1 Å². The van der Waals surface area contributed by atoms with E-state index in [-0.39, 0.29) is 6.61 Å². The molecule has 4 rings (SSSR count). The molecule has 0 fully saturated rings. The number of hydrogen-bond acceptors (Lipinski definition) is 6. The Kier molecular flexibility index (Phi) is 6.40. The van der Waals surface area contributed by atoms with E-state index in [1.807, 2.05) is 66.7 Å². The Morgan fingerprint density at radius 3 is 2.42 bits per heavy atom. The van der Waals surface area contributed by atoms with Gasteiger partial charge in [-0.1, -0.05) is 53.7 Å². The highest BCUT2D eigenvalue weighted by molar-refractivity contribution is 5.76. The van der Waals surface area contributed by atoms with E-state index in [0.717, 1.165) is 39.1 Å². The van der Waals surface area contributed by atoms with Crippen molar-refractivity contribution in [1.29, 1.82) is 0 Å². The van der Waals surface area contributed by atoms with E-state index in [9.17, 15) is 0 Å². The molecule has 3 aromatic carbocycles. The third kappa shape index (κ3) is 4.50. The number of aliphatic hydroxyl groups is 1. The SMILES string of the molecule is COCc1cc(-c2nc(-c3ccc(CCO)cc3)no2)ccc1-c1ccccc1OC. The molecular weight excluding hydrogens is 392 g/mol. The maximum atomic E-state index is 9.06. The van der Waals surface area contributed by atoms with Gasteiger partial charge in [0.25, 0.3) is 5.89 Å². The van der Waals surface area contributed by atoms with Crippen LogP contribution < -0.4 is 4.74 Å². The van der Waals surface area contributed by atoms with Crippen LogP contribution in [0, 0.1) is 0 Å². The largest absolute Gasteiger partial charge is 0.496 e. The number of aliphatic hydroxyl groups excluding tert-OH is 1. The number of aromatic nitrogens is 2. The zero-order chi connectivity index (χ0) is 21.6. The fraction of sp³-hybridized carbons (Fsp3) is 0.200. The second kappa shape index (κ2) is 9.55. The van der Waals surface area contributed by atoms with Crippen LogP contribution in [0.1, 0.15) is 11.1 Å². The van der Waals surface area contributed by atoms with Gasteiger partial charge in [0.15, 0.2) is 0 Å². The topological polar surface area (TPSA) is 77.6 Å². The number of methoxy groups -OCH3 is 2. The molecule has 0 atom stereocenters. The molecule has 1 heterocycles. The van der Waals surface area contributed by atoms with Crippen LogP contribution in [-0.2, 0) is 17.8 Å². The zero-order valence-corrected chi connectivity index (χ0v) is 17.5. The van der Waals surface area contributed by atoms with Crippen molar-refractivity contribution in [2.45, 2.75) is 13.0 Å². The Hall–Kier alpha value is -3.48. The minimum atomic E-state index is 0.125. The summed E-state index contributed by atoms with van der Waals surface area (Å²) in [7, 11) is 3.34. The molecule has 0 spiro atoms. The molecule has 1 N–H and O–H groups in total. The molecule has 0 aliphatic heterocycles. The van der Waals surface area contributed by atoms with E-state index < -0.39 is 0 Å². The lowest BCUT2D eigenvalue weighted by molar-refractivity contribution is 0.185. The predicted octanol–water partition coefficient (Wildman–Crippen LogP) is 4.76. The minimum Gasteiger partial charge on any atom is -0.496 e. The molecule has 4 aromatic rings. The van der Waals surface area contributed by atoms with Gasteiger partial charge in [0.05, 0.1) is 13.7 Å². The lowest BCUT2D eigenvalue weighted by Gasteiger charge is -2.13. The van der Waals surface area contributed by atoms with Crippen LogP contribution in [0.5, 0.6) is 5.75 Å². The number of para-hydroxylation sites is 1. The summed E-state index contributed by atoms with van der Waals surface area (Å²) in [6, 6.07) is 21.7. The molecule has 0 saturated heterocycles. The van der Waals surface area contributed by atoms with Crippen molar-refractivity contribution >= 4 is 0 Å². The summed E-state index contributed by atoms with van der Waals surface area (Å²) < 4.78 is 16.5. The summed E-state index contributed by atoms with van der Waals surface area (Å²) >= 11 is 0. The highest BCUT2D eigenvalue weighted by Crippen LogP contribution is 2.35. The fourth-order valence-electron chi connectivity index (χ4n) is 3.54. The molecular formula is C25H24N2O4. The molecule has 1 aromatic heterocycles. The highest BCUT2D eigenvalue weighted by Gasteiger charge is 2.15. The van der Waals surface area contributed by atoms with E-state index in [0.29, 0.717) is 24.7 Å². The average molecular weight is 416 g/mol. The third-order valence-electron chi connectivity index (χ3n) is 5.09. The van der Waals surface area contributed by atoms with Crippen LogP contribution >= 0.6 is 0 Å². The number of hydrogen-bond donors (Lipinski definition) is 1. The molecule has 6 nitrogen and oxygen atoms in total. The Labute approximate surface area is 181 Å². The summed E-state index contributed by atoms with van der Waals surface area (Å²) in [5.41, 5.74) is 5.77. The summed E-state index contributed by atoms with van der Waals surface area (Å²) in [6.07, 6.45) is 0.624. The summed E-state index contributed by atoms with van der Waals surface area (Å²) in [5, 5.41) is 13.2. The number of benzene rings is 3. The Bertz CT molecular complexity index is 1150. The molecule has 31 heavy (non-hydrogen) atoms. The molecule has 0 aliphatic rings. The van der Waals surface area contributed by atoms with Crippen molar-refractivity contribution in [2.24, 2.45) is 0 Å². The van der Waals surface area contributed by atoms with E-state index >= 15 is 0 Å². The molecule has 0 amide bonds. The van der Waals surface area contributed by atoms with Gasteiger partial charge in [-0.2, -0.15) is 4.98 Å². The lowest BCUT2D eigenvalue weighted by Crippen LogP contribution is -1.95. The van der Waals surface area contributed by atoms with Crippen molar-refractivity contribution < 1.29 is 19.1 Å². The number of ether oxygens (including phenoxy) is 2. The maximum Gasteiger partial charge on any atom is 0.258 e. The third-order valence-corrected chi connectivity index (χ3v) is 5.09. The van der Waals surface area contributed by atoms with Gasteiger partial charge in [0, 0.05) is 30.4 Å². The smallest absolute Gasteiger partial charge is 0.258 e. The van der Waals surface area contributed by atoms with Crippen molar-refractivity contribution in [3.8, 4) is 39.7 Å². The average Bonchev–Trinajstić information content (AvgIpc) is 3.30. The van der Waals surface area contributed by atoms with Crippen molar-refractivity contribution in [2.75, 3.05) is 20.8 Å². The molecule has 0 aliphatic carbocycles. The van der Waals surface area contributed by atoms with Gasteiger partial charge in [0.2, 0.25) is 5.82 Å². The standard InChI is InChI=1S/C25H24N2O4/c1-29-16-20-15-19(11-12-21(20)22-5-3-4-6-23(22)30-2)25-26-24(27-31-25)18-9-7-17(8-10-18)13-14-28/h3-12,15,28H,13-14,16H2,1-2H3. The highest BCUT2D eigenvalue weighted by atomic mass is 16.5. The minimum absolute atomic E-state index is 0.125. The van der Waals surface area contributed by atoms with Crippen LogP contribution in [0.3, 0.4) is 0 Å². The van der Waals surface area contributed by atoms with Crippen LogP contribution in [0.15, 0.2) is 71.3 Å². The van der Waals surface area contributed by atoms with Gasteiger partial charge >= 0.3 is 0 Å². The Morgan fingerprint density at radius 2 is 1.68 bits per heavy atom. The van der Waals surface area contributed by atoms with Gasteiger partial charge in [0.1, 0.15) is 5.75 Å². The van der Waals surface area contributed by atoms with Crippen molar-refractivity contribution in [3.05, 3.63) is 77.9 Å². The molecule has 158 valence electrons. The second-order valence-electron chi connectivity index (χ2n) is 7.10. The van der Waals surface area contributed by atoms with E-state index in [1.54, 1.807) is 14.2 Å². The van der Waals surface area contributed by atoms with Gasteiger partial charge in [-0.15, -0.1) is 0 Å². The Balaban J connectivity index is 1.67. The first-order valence-corrected chi connectivity index (χ1v) is 10.0. The van der Waals surface area contributed by atoms with Gasteiger partial charge in [-0.05, 0) is 41.3 Å². The molecule has 6 heteroatoms. The lowest BCUT2D eigenvalue weighted by atomic mass is 9.97. The first-order valence-electron chi connectivity index (χ1n) is 10.0. The van der Waals surface area contributed by atoms with Gasteiger partial charge < -0.3 is 19.1 Å². The van der Waals surface area contributed by atoms with Gasteiger partial charge in [-0.25, -0.2) is 0 Å². The number of rotatable bonds is 8. The van der Waals surface area contributed by atoms with Crippen LogP contribution in [0.25, 0.3) is 34.0 Å². The summed E-state index contributed by atoms with van der Waals surface area (Å²) in [4.78, 5) is 4.57. The quantitative estimate of drug-likeness (QED) is 0.446. The van der Waals surface area contributed by atoms with E-state index in [4.69, 9.17) is 19.1 Å². The fourth-order valence-corrected chi connectivity index (χ4v) is 3.54.